The lowest BCUT2D eigenvalue weighted by Crippen LogP contribution is -2.35. The Hall–Kier alpha value is -2.70. The number of methoxy groups -OCH3 is 3. The molecule has 142 valence electrons. The van der Waals surface area contributed by atoms with E-state index in [2.05, 4.69) is 5.32 Å². The van der Waals surface area contributed by atoms with E-state index < -0.39 is 5.97 Å². The first-order valence-electron chi connectivity index (χ1n) is 8.51. The van der Waals surface area contributed by atoms with Crippen LogP contribution in [0.4, 0.5) is 0 Å². The van der Waals surface area contributed by atoms with Gasteiger partial charge in [0.2, 0.25) is 5.75 Å². The SMILES string of the molecule is COc1cc(/C=C/C(=O)OCC(=O)NC2CCCC2)cc(OC)c1OC. The fourth-order valence-corrected chi connectivity index (χ4v) is 2.89. The average Bonchev–Trinajstić information content (AvgIpc) is 3.16. The number of benzene rings is 1. The van der Waals surface area contributed by atoms with Crippen molar-refractivity contribution < 1.29 is 28.5 Å². The van der Waals surface area contributed by atoms with Crippen molar-refractivity contribution >= 4 is 18.0 Å². The summed E-state index contributed by atoms with van der Waals surface area (Å²) in [7, 11) is 4.55. The van der Waals surface area contributed by atoms with E-state index in [-0.39, 0.29) is 18.6 Å². The normalized spacial score (nSPS) is 14.3. The van der Waals surface area contributed by atoms with Gasteiger partial charge in [0.1, 0.15) is 0 Å². The third-order valence-electron chi connectivity index (χ3n) is 4.16. The number of nitrogens with one attached hydrogen (secondary N) is 1. The van der Waals surface area contributed by atoms with Gasteiger partial charge in [-0.15, -0.1) is 0 Å². The van der Waals surface area contributed by atoms with Gasteiger partial charge in [0.25, 0.3) is 5.91 Å². The second-order valence-corrected chi connectivity index (χ2v) is 5.95. The number of carbonyl (C=O) groups excluding carboxylic acids is 2. The van der Waals surface area contributed by atoms with E-state index in [1.54, 1.807) is 18.2 Å². The Morgan fingerprint density at radius 2 is 1.69 bits per heavy atom. The zero-order valence-corrected chi connectivity index (χ0v) is 15.4. The first-order valence-corrected chi connectivity index (χ1v) is 8.51. The van der Waals surface area contributed by atoms with E-state index in [9.17, 15) is 9.59 Å². The summed E-state index contributed by atoms with van der Waals surface area (Å²) in [5, 5.41) is 2.86. The standard InChI is InChI=1S/C19H25NO6/c1-23-15-10-13(11-16(24-2)19(15)25-3)8-9-18(22)26-12-17(21)20-14-6-4-5-7-14/h8-11,14H,4-7,12H2,1-3H3,(H,20,21)/b9-8+. The predicted molar refractivity (Wildman–Crippen MR) is 96.5 cm³/mol. The second-order valence-electron chi connectivity index (χ2n) is 5.95. The molecule has 1 saturated carbocycles. The monoisotopic (exact) mass is 363 g/mol. The Morgan fingerprint density at radius 3 is 2.23 bits per heavy atom. The fraction of sp³-hybridized carbons (Fsp3) is 0.474. The molecule has 2 rings (SSSR count). The van der Waals surface area contributed by atoms with E-state index >= 15 is 0 Å². The summed E-state index contributed by atoms with van der Waals surface area (Å²) in [4.78, 5) is 23.6. The van der Waals surface area contributed by atoms with Gasteiger partial charge in [-0.25, -0.2) is 4.79 Å². The first kappa shape index (κ1) is 19.6. The van der Waals surface area contributed by atoms with Crippen molar-refractivity contribution in [1.82, 2.24) is 5.32 Å². The summed E-state index contributed by atoms with van der Waals surface area (Å²) in [6, 6.07) is 3.62. The van der Waals surface area contributed by atoms with Gasteiger partial charge in [-0.2, -0.15) is 0 Å². The largest absolute Gasteiger partial charge is 0.493 e. The van der Waals surface area contributed by atoms with Crippen LogP contribution in [-0.4, -0.2) is 45.9 Å². The number of rotatable bonds is 8. The van der Waals surface area contributed by atoms with Gasteiger partial charge in [-0.05, 0) is 36.6 Å². The van der Waals surface area contributed by atoms with E-state index in [1.807, 2.05) is 0 Å². The maximum absolute atomic E-state index is 11.8. The molecule has 0 aliphatic heterocycles. The van der Waals surface area contributed by atoms with Crippen molar-refractivity contribution in [2.24, 2.45) is 0 Å². The number of carbonyl (C=O) groups is 2. The number of esters is 1. The van der Waals surface area contributed by atoms with Crippen LogP contribution in [0.1, 0.15) is 31.2 Å². The topological polar surface area (TPSA) is 83.1 Å². The van der Waals surface area contributed by atoms with E-state index in [1.165, 1.54) is 27.4 Å². The number of hydrogen-bond acceptors (Lipinski definition) is 6. The number of ether oxygens (including phenoxy) is 4. The van der Waals surface area contributed by atoms with Gasteiger partial charge in [0.15, 0.2) is 18.1 Å². The van der Waals surface area contributed by atoms with Crippen LogP contribution in [0.25, 0.3) is 6.08 Å². The molecule has 1 aliphatic carbocycles. The van der Waals surface area contributed by atoms with Gasteiger partial charge in [0.05, 0.1) is 21.3 Å². The maximum atomic E-state index is 11.8. The van der Waals surface area contributed by atoms with Gasteiger partial charge in [-0.1, -0.05) is 12.8 Å². The summed E-state index contributed by atoms with van der Waals surface area (Å²) < 4.78 is 20.7. The van der Waals surface area contributed by atoms with E-state index in [4.69, 9.17) is 18.9 Å². The lowest BCUT2D eigenvalue weighted by molar-refractivity contribution is -0.144. The van der Waals surface area contributed by atoms with Crippen LogP contribution in [0.15, 0.2) is 18.2 Å². The quantitative estimate of drug-likeness (QED) is 0.564. The minimum atomic E-state index is -0.597. The van der Waals surface area contributed by atoms with E-state index in [0.29, 0.717) is 22.8 Å². The Bertz CT molecular complexity index is 639. The highest BCUT2D eigenvalue weighted by molar-refractivity contribution is 5.89. The van der Waals surface area contributed by atoms with Crippen LogP contribution in [0.3, 0.4) is 0 Å². The van der Waals surface area contributed by atoms with Crippen LogP contribution >= 0.6 is 0 Å². The van der Waals surface area contributed by atoms with E-state index in [0.717, 1.165) is 25.7 Å². The van der Waals surface area contributed by atoms with Crippen molar-refractivity contribution in [3.05, 3.63) is 23.8 Å². The molecule has 0 atom stereocenters. The van der Waals surface area contributed by atoms with Gasteiger partial charge < -0.3 is 24.3 Å². The molecule has 1 fully saturated rings. The molecule has 0 heterocycles. The van der Waals surface area contributed by atoms with Gasteiger partial charge in [-0.3, -0.25) is 4.79 Å². The van der Waals surface area contributed by atoms with Crippen molar-refractivity contribution in [3.8, 4) is 17.2 Å². The summed E-state index contributed by atoms with van der Waals surface area (Å²) in [6.45, 7) is -0.283. The minimum Gasteiger partial charge on any atom is -0.493 e. The second kappa shape index (κ2) is 9.70. The zero-order valence-electron chi connectivity index (χ0n) is 15.4. The van der Waals surface area contributed by atoms with Crippen LogP contribution in [-0.2, 0) is 14.3 Å². The lowest BCUT2D eigenvalue weighted by atomic mass is 10.1. The Balaban J connectivity index is 1.91. The summed E-state index contributed by atoms with van der Waals surface area (Å²) >= 11 is 0. The fourth-order valence-electron chi connectivity index (χ4n) is 2.89. The smallest absolute Gasteiger partial charge is 0.331 e. The molecule has 1 aliphatic rings. The molecule has 0 spiro atoms. The van der Waals surface area contributed by atoms with Crippen LogP contribution in [0.2, 0.25) is 0 Å². The number of hydrogen-bond donors (Lipinski definition) is 1. The highest BCUT2D eigenvalue weighted by Gasteiger charge is 2.17. The molecule has 0 aromatic heterocycles. The van der Waals surface area contributed by atoms with Crippen molar-refractivity contribution in [2.75, 3.05) is 27.9 Å². The molecular formula is C19H25NO6. The van der Waals surface area contributed by atoms with Gasteiger partial charge in [0, 0.05) is 12.1 Å². The molecule has 26 heavy (non-hydrogen) atoms. The highest BCUT2D eigenvalue weighted by Crippen LogP contribution is 2.38. The van der Waals surface area contributed by atoms with Crippen molar-refractivity contribution in [1.29, 1.82) is 0 Å². The van der Waals surface area contributed by atoms with Crippen LogP contribution < -0.4 is 19.5 Å². The molecule has 0 bridgehead atoms. The summed E-state index contributed by atoms with van der Waals surface area (Å²) in [5.41, 5.74) is 0.673. The number of amides is 1. The maximum Gasteiger partial charge on any atom is 0.331 e. The highest BCUT2D eigenvalue weighted by atomic mass is 16.5. The van der Waals surface area contributed by atoms with Crippen molar-refractivity contribution in [2.45, 2.75) is 31.7 Å². The Morgan fingerprint density at radius 1 is 1.08 bits per heavy atom. The molecule has 1 N–H and O–H groups in total. The van der Waals surface area contributed by atoms with Crippen LogP contribution in [0, 0.1) is 0 Å². The molecule has 1 amide bonds. The van der Waals surface area contributed by atoms with Gasteiger partial charge >= 0.3 is 5.97 Å². The third kappa shape index (κ3) is 5.40. The first-order chi connectivity index (χ1) is 12.6. The molecule has 7 nitrogen and oxygen atoms in total. The molecular weight excluding hydrogens is 338 g/mol. The summed E-state index contributed by atoms with van der Waals surface area (Å²) in [5.74, 6) is 0.566. The summed E-state index contributed by atoms with van der Waals surface area (Å²) in [6.07, 6.45) is 7.04. The molecule has 0 saturated heterocycles. The zero-order chi connectivity index (χ0) is 18.9. The predicted octanol–water partition coefficient (Wildman–Crippen LogP) is 2.33. The minimum absolute atomic E-state index is 0.205. The molecule has 1 aromatic carbocycles. The molecule has 0 unspecified atom stereocenters. The van der Waals surface area contributed by atoms with Crippen molar-refractivity contribution in [3.63, 3.8) is 0 Å². The molecule has 1 aromatic rings. The average molecular weight is 363 g/mol. The lowest BCUT2D eigenvalue weighted by Gasteiger charge is -2.13. The molecule has 0 radical (unpaired) electrons. The Labute approximate surface area is 153 Å². The van der Waals surface area contributed by atoms with Crippen LogP contribution in [0.5, 0.6) is 17.2 Å². The third-order valence-corrected chi connectivity index (χ3v) is 4.16. The molecule has 7 heteroatoms. The Kier molecular flexibility index (Phi) is 7.32.